The van der Waals surface area contributed by atoms with Crippen molar-refractivity contribution < 1.29 is 62.7 Å². The molecule has 4 rings (SSSR count). The summed E-state index contributed by atoms with van der Waals surface area (Å²) < 4.78 is 30.6. The number of rotatable bonds is 8. The van der Waals surface area contributed by atoms with E-state index in [1.165, 1.54) is 4.90 Å². The first-order valence-electron chi connectivity index (χ1n) is 25.7. The molecule has 3 heterocycles. The molecule has 3 N–H and O–H groups in total. The third-order valence-electron chi connectivity index (χ3n) is 15.0. The SMILES string of the molecule is COC1CC2CCC(C)C(O)(O2)C(=O)C(=O)N2CCCCC2C(=O)OC(C(C)CC2CCC(O)C(OC)C2)CC(=O)C(C)C=C(C)C(O[Si](C)(C)C)C(CO)C(=O)C(C)CC(C)C=CC=CC=C1C. The summed E-state index contributed by atoms with van der Waals surface area (Å²) in [5.41, 5.74) is 1.54. The Hall–Kier alpha value is -3.15. The van der Waals surface area contributed by atoms with Gasteiger partial charge < -0.3 is 43.6 Å². The minimum absolute atomic E-state index is 0.0295. The molecule has 15 heteroatoms. The minimum atomic E-state index is -2.43. The smallest absolute Gasteiger partial charge is 0.329 e. The number of aliphatic hydroxyl groups is 3. The van der Waals surface area contributed by atoms with Gasteiger partial charge in [-0.05, 0) is 127 Å². The molecule has 3 fully saturated rings. The third-order valence-corrected chi connectivity index (χ3v) is 16.0. The summed E-state index contributed by atoms with van der Waals surface area (Å²) in [6.07, 6.45) is 13.3. The zero-order chi connectivity index (χ0) is 51.4. The van der Waals surface area contributed by atoms with Gasteiger partial charge in [-0.2, -0.15) is 0 Å². The van der Waals surface area contributed by atoms with Crippen molar-refractivity contribution in [2.24, 2.45) is 41.4 Å². The molecular formula is C54H87NO13Si. The highest BCUT2D eigenvalue weighted by Crippen LogP contribution is 2.38. The van der Waals surface area contributed by atoms with Gasteiger partial charge >= 0.3 is 5.97 Å². The molecule has 390 valence electrons. The number of ketones is 3. The maximum absolute atomic E-state index is 14.5. The van der Waals surface area contributed by atoms with Crippen LogP contribution in [0.15, 0.2) is 47.6 Å². The molecule has 0 aromatic rings. The molecule has 1 aliphatic carbocycles. The molecule has 2 saturated heterocycles. The first-order chi connectivity index (χ1) is 32.4. The van der Waals surface area contributed by atoms with Crippen LogP contribution in [0.1, 0.15) is 126 Å². The van der Waals surface area contributed by atoms with Crippen LogP contribution in [0, 0.1) is 41.4 Å². The van der Waals surface area contributed by atoms with E-state index in [-0.39, 0.29) is 54.8 Å². The highest BCUT2D eigenvalue weighted by atomic mass is 28.4. The Bertz CT molecular complexity index is 1870. The average molecular weight is 986 g/mol. The molecule has 0 radical (unpaired) electrons. The highest BCUT2D eigenvalue weighted by molar-refractivity contribution is 6.69. The Morgan fingerprint density at radius 3 is 2.25 bits per heavy atom. The van der Waals surface area contributed by atoms with Crippen LogP contribution < -0.4 is 0 Å². The number of Topliss-reactive ketones (excluding diaryl/α,β-unsaturated/α-hetero) is 3. The quantitative estimate of drug-likeness (QED) is 0.0931. The zero-order valence-electron chi connectivity index (χ0n) is 43.8. The molecule has 1 saturated carbocycles. The molecule has 15 atom stereocenters. The molecule has 0 aromatic heterocycles. The van der Waals surface area contributed by atoms with Crippen LogP contribution in [0.25, 0.3) is 0 Å². The lowest BCUT2D eigenvalue weighted by atomic mass is 9.78. The lowest BCUT2D eigenvalue weighted by Gasteiger charge is -2.42. The summed E-state index contributed by atoms with van der Waals surface area (Å²) in [6, 6.07) is -1.14. The van der Waals surface area contributed by atoms with E-state index in [1.54, 1.807) is 34.1 Å². The number of allylic oxidation sites excluding steroid dienone is 6. The number of piperidine rings is 1. The second-order valence-electron chi connectivity index (χ2n) is 21.9. The summed E-state index contributed by atoms with van der Waals surface area (Å²) in [6.45, 7) is 18.8. The lowest BCUT2D eigenvalue weighted by molar-refractivity contribution is -0.265. The number of ether oxygens (including phenoxy) is 4. The van der Waals surface area contributed by atoms with Crippen LogP contribution >= 0.6 is 0 Å². The number of hydrogen-bond acceptors (Lipinski definition) is 13. The van der Waals surface area contributed by atoms with Crippen LogP contribution in [-0.4, -0.2) is 134 Å². The Morgan fingerprint density at radius 2 is 1.59 bits per heavy atom. The zero-order valence-corrected chi connectivity index (χ0v) is 44.8. The van der Waals surface area contributed by atoms with E-state index < -0.39 is 98.6 Å². The fraction of sp³-hybridized carbons (Fsp3) is 0.759. The standard InChI is InChI=1S/C54H87NO13Si/c1-33-18-14-13-15-19-34(2)46(64-8)30-41-23-21-39(7)54(63,67-41)51(60)52(61)55-25-17-16-20-43(55)53(62)66-47(36(4)28-40-22-24-44(57)48(29-40)65-9)31-45(58)35(3)27-38(6)50(68-69(10,11)12)42(32-56)49(59)37(5)26-33/h13-15,18-19,27,33,35-37,39-44,46-48,50,56-57,63H,16-17,20-26,28-32H2,1-12H3. The van der Waals surface area contributed by atoms with E-state index in [2.05, 4.69) is 0 Å². The molecule has 1 amide bonds. The van der Waals surface area contributed by atoms with Gasteiger partial charge in [0.1, 0.15) is 23.7 Å². The largest absolute Gasteiger partial charge is 0.460 e. The van der Waals surface area contributed by atoms with Gasteiger partial charge in [0, 0.05) is 51.4 Å². The summed E-state index contributed by atoms with van der Waals surface area (Å²) in [5.74, 6) is -8.49. The van der Waals surface area contributed by atoms with Crippen LogP contribution in [-0.2, 0) is 47.3 Å². The van der Waals surface area contributed by atoms with Crippen molar-refractivity contribution in [2.75, 3.05) is 27.4 Å². The number of hydrogen-bond donors (Lipinski definition) is 3. The monoisotopic (exact) mass is 986 g/mol. The summed E-state index contributed by atoms with van der Waals surface area (Å²) in [4.78, 5) is 73.0. The molecule has 0 spiro atoms. The van der Waals surface area contributed by atoms with Crippen LogP contribution in [0.2, 0.25) is 19.6 Å². The van der Waals surface area contributed by atoms with Crippen molar-refractivity contribution in [3.8, 4) is 0 Å². The van der Waals surface area contributed by atoms with Crippen LogP contribution in [0.3, 0.4) is 0 Å². The first kappa shape index (κ1) is 58.4. The van der Waals surface area contributed by atoms with Gasteiger partial charge in [-0.15, -0.1) is 0 Å². The molecule has 0 aromatic carbocycles. The Balaban J connectivity index is 1.76. The number of methoxy groups -OCH3 is 2. The molecule has 2 bridgehead atoms. The van der Waals surface area contributed by atoms with Gasteiger partial charge in [0.05, 0.1) is 43.0 Å². The highest BCUT2D eigenvalue weighted by Gasteiger charge is 2.53. The fourth-order valence-corrected chi connectivity index (χ4v) is 11.9. The van der Waals surface area contributed by atoms with Crippen molar-refractivity contribution >= 4 is 37.5 Å². The van der Waals surface area contributed by atoms with Crippen molar-refractivity contribution in [1.82, 2.24) is 4.90 Å². The second kappa shape index (κ2) is 26.5. The van der Waals surface area contributed by atoms with E-state index in [0.717, 1.165) is 12.0 Å². The van der Waals surface area contributed by atoms with Gasteiger partial charge in [-0.25, -0.2) is 4.79 Å². The summed E-state index contributed by atoms with van der Waals surface area (Å²) in [7, 11) is 0.844. The Kier molecular flexibility index (Phi) is 22.4. The number of carbonyl (C=O) groups excluding carboxylic acids is 5. The summed E-state index contributed by atoms with van der Waals surface area (Å²) in [5, 5.41) is 33.4. The molecule has 15 unspecified atom stereocenters. The van der Waals surface area contributed by atoms with E-state index >= 15 is 0 Å². The van der Waals surface area contributed by atoms with Crippen molar-refractivity contribution in [2.45, 2.75) is 194 Å². The predicted molar refractivity (Wildman–Crippen MR) is 267 cm³/mol. The maximum atomic E-state index is 14.5. The van der Waals surface area contributed by atoms with Crippen LogP contribution in [0.4, 0.5) is 0 Å². The van der Waals surface area contributed by atoms with Gasteiger partial charge in [0.15, 0.2) is 8.32 Å². The molecule has 69 heavy (non-hydrogen) atoms. The van der Waals surface area contributed by atoms with E-state index in [4.69, 9.17) is 23.4 Å². The third kappa shape index (κ3) is 16.2. The number of amides is 1. The van der Waals surface area contributed by atoms with Crippen molar-refractivity contribution in [1.29, 1.82) is 0 Å². The number of fused-ring (bicyclic) bond motifs is 3. The van der Waals surface area contributed by atoms with Gasteiger partial charge in [0.2, 0.25) is 5.79 Å². The maximum Gasteiger partial charge on any atom is 0.329 e. The molecule has 3 aliphatic heterocycles. The number of cyclic esters (lactones) is 1. The van der Waals surface area contributed by atoms with Gasteiger partial charge in [0.25, 0.3) is 11.7 Å². The molecule has 14 nitrogen and oxygen atoms in total. The van der Waals surface area contributed by atoms with Crippen LogP contribution in [0.5, 0.6) is 0 Å². The average Bonchev–Trinajstić information content (AvgIpc) is 3.30. The van der Waals surface area contributed by atoms with E-state index in [1.807, 2.05) is 84.6 Å². The van der Waals surface area contributed by atoms with E-state index in [9.17, 15) is 39.3 Å². The normalized spacial score (nSPS) is 36.6. The first-order valence-corrected chi connectivity index (χ1v) is 29.1. The summed E-state index contributed by atoms with van der Waals surface area (Å²) >= 11 is 0. The predicted octanol–water partition coefficient (Wildman–Crippen LogP) is 7.63. The Morgan fingerprint density at radius 1 is 0.884 bits per heavy atom. The lowest BCUT2D eigenvalue weighted by Crippen LogP contribution is -2.61. The topological polar surface area (TPSA) is 195 Å². The minimum Gasteiger partial charge on any atom is -0.460 e. The fourth-order valence-electron chi connectivity index (χ4n) is 10.8. The number of aliphatic hydroxyl groups excluding tert-OH is 2. The number of esters is 1. The van der Waals surface area contributed by atoms with E-state index in [0.29, 0.717) is 63.4 Å². The van der Waals surface area contributed by atoms with Crippen molar-refractivity contribution in [3.05, 3.63) is 47.6 Å². The Labute approximate surface area is 413 Å². The second-order valence-corrected chi connectivity index (χ2v) is 26.4. The number of carbonyl (C=O) groups is 5. The van der Waals surface area contributed by atoms with Crippen molar-refractivity contribution in [3.63, 3.8) is 0 Å². The molecule has 4 aliphatic rings. The van der Waals surface area contributed by atoms with Gasteiger partial charge in [-0.3, -0.25) is 19.2 Å². The molecular weight excluding hydrogens is 899 g/mol. The van der Waals surface area contributed by atoms with Gasteiger partial charge in [-0.1, -0.05) is 71.1 Å². The number of nitrogens with zero attached hydrogens (tertiary/aromatic N) is 1.